The van der Waals surface area contributed by atoms with Crippen molar-refractivity contribution in [3.8, 4) is 0 Å². The molecule has 1 heterocycles. The van der Waals surface area contributed by atoms with Crippen molar-refractivity contribution >= 4 is 28.7 Å². The third-order valence-corrected chi connectivity index (χ3v) is 5.56. The molecule has 0 aliphatic rings. The summed E-state index contributed by atoms with van der Waals surface area (Å²) in [5, 5.41) is 19.8. The standard InChI is InChI=1S/C28H34N4O5/c1-28(2,3)37-27(36)31-17-19-13-14-23(22-11-5-4-10-21(19)22)25(33)32-24(26(34)35)12-8-15-29-18-20-9-6-7-16-30-20/h4-7,9-11,13-14,16,24,29H,8,12,15,17-18H2,1-3H3,(H,31,36)(H,32,33)(H,34,35)/t24-/m0/s1. The van der Waals surface area contributed by atoms with Gasteiger partial charge >= 0.3 is 12.1 Å². The van der Waals surface area contributed by atoms with Gasteiger partial charge in [0.15, 0.2) is 0 Å². The van der Waals surface area contributed by atoms with Gasteiger partial charge in [-0.05, 0) is 74.7 Å². The molecule has 2 amide bonds. The molecule has 196 valence electrons. The first-order valence-corrected chi connectivity index (χ1v) is 12.3. The van der Waals surface area contributed by atoms with Crippen molar-refractivity contribution in [2.75, 3.05) is 6.54 Å². The van der Waals surface area contributed by atoms with Crippen LogP contribution in [0.1, 0.15) is 55.2 Å². The Bertz CT molecular complexity index is 1220. The summed E-state index contributed by atoms with van der Waals surface area (Å²) in [5.41, 5.74) is 1.48. The lowest BCUT2D eigenvalue weighted by molar-refractivity contribution is -0.139. The van der Waals surface area contributed by atoms with E-state index in [0.29, 0.717) is 30.5 Å². The minimum Gasteiger partial charge on any atom is -0.480 e. The lowest BCUT2D eigenvalue weighted by Gasteiger charge is -2.20. The van der Waals surface area contributed by atoms with Crippen LogP contribution in [0.4, 0.5) is 4.79 Å². The number of amides is 2. The van der Waals surface area contributed by atoms with E-state index in [9.17, 15) is 19.5 Å². The number of ether oxygens (including phenoxy) is 1. The number of hydrogen-bond acceptors (Lipinski definition) is 6. The summed E-state index contributed by atoms with van der Waals surface area (Å²) >= 11 is 0. The third-order valence-electron chi connectivity index (χ3n) is 5.56. The highest BCUT2D eigenvalue weighted by Gasteiger charge is 2.22. The number of nitrogens with zero attached hydrogens (tertiary/aromatic N) is 1. The largest absolute Gasteiger partial charge is 0.480 e. The number of pyridine rings is 1. The van der Waals surface area contributed by atoms with Crippen LogP contribution in [-0.2, 0) is 22.6 Å². The van der Waals surface area contributed by atoms with Gasteiger partial charge in [0.05, 0.1) is 5.69 Å². The smallest absolute Gasteiger partial charge is 0.407 e. The van der Waals surface area contributed by atoms with Crippen LogP contribution in [0.25, 0.3) is 10.8 Å². The molecule has 3 aromatic rings. The van der Waals surface area contributed by atoms with E-state index in [2.05, 4.69) is 20.9 Å². The van der Waals surface area contributed by atoms with E-state index in [1.165, 1.54) is 0 Å². The topological polar surface area (TPSA) is 130 Å². The summed E-state index contributed by atoms with van der Waals surface area (Å²) in [4.78, 5) is 41.2. The first kappa shape index (κ1) is 27.6. The Labute approximate surface area is 216 Å². The van der Waals surface area contributed by atoms with Gasteiger partial charge in [-0.3, -0.25) is 9.78 Å². The van der Waals surface area contributed by atoms with E-state index >= 15 is 0 Å². The Balaban J connectivity index is 1.62. The lowest BCUT2D eigenvalue weighted by Crippen LogP contribution is -2.41. The van der Waals surface area contributed by atoms with Crippen LogP contribution in [-0.4, -0.2) is 46.2 Å². The number of hydrogen-bond donors (Lipinski definition) is 4. The van der Waals surface area contributed by atoms with Gasteiger partial charge in [-0.1, -0.05) is 36.4 Å². The van der Waals surface area contributed by atoms with E-state index in [-0.39, 0.29) is 13.0 Å². The van der Waals surface area contributed by atoms with Crippen molar-refractivity contribution in [3.63, 3.8) is 0 Å². The van der Waals surface area contributed by atoms with Gasteiger partial charge in [0.1, 0.15) is 11.6 Å². The normalized spacial score (nSPS) is 12.1. The van der Waals surface area contributed by atoms with Crippen LogP contribution in [0.15, 0.2) is 60.8 Å². The van der Waals surface area contributed by atoms with Crippen molar-refractivity contribution in [1.82, 2.24) is 20.9 Å². The highest BCUT2D eigenvalue weighted by molar-refractivity contribution is 6.08. The van der Waals surface area contributed by atoms with Crippen molar-refractivity contribution in [1.29, 1.82) is 0 Å². The van der Waals surface area contributed by atoms with Crippen LogP contribution in [0.3, 0.4) is 0 Å². The lowest BCUT2D eigenvalue weighted by atomic mass is 9.98. The predicted octanol–water partition coefficient (Wildman–Crippen LogP) is 4.01. The molecule has 0 saturated carbocycles. The monoisotopic (exact) mass is 506 g/mol. The second-order valence-corrected chi connectivity index (χ2v) is 9.68. The number of carboxylic acid groups (broad SMARTS) is 1. The highest BCUT2D eigenvalue weighted by atomic mass is 16.6. The summed E-state index contributed by atoms with van der Waals surface area (Å²) in [7, 11) is 0. The van der Waals surface area contributed by atoms with Crippen LogP contribution in [0, 0.1) is 0 Å². The quantitative estimate of drug-likeness (QED) is 0.289. The maximum absolute atomic E-state index is 13.1. The van der Waals surface area contributed by atoms with E-state index in [4.69, 9.17) is 4.74 Å². The van der Waals surface area contributed by atoms with Crippen LogP contribution in [0.5, 0.6) is 0 Å². The number of aromatic nitrogens is 1. The van der Waals surface area contributed by atoms with Crippen LogP contribution >= 0.6 is 0 Å². The van der Waals surface area contributed by atoms with Gasteiger partial charge in [-0.2, -0.15) is 0 Å². The van der Waals surface area contributed by atoms with Crippen LogP contribution in [0.2, 0.25) is 0 Å². The first-order valence-electron chi connectivity index (χ1n) is 12.3. The second kappa shape index (κ2) is 12.8. The molecule has 3 rings (SSSR count). The maximum Gasteiger partial charge on any atom is 0.407 e. The summed E-state index contributed by atoms with van der Waals surface area (Å²) in [6.07, 6.45) is 2.05. The molecule has 1 aromatic heterocycles. The van der Waals surface area contributed by atoms with Crippen LogP contribution < -0.4 is 16.0 Å². The van der Waals surface area contributed by atoms with Gasteiger partial charge < -0.3 is 25.8 Å². The highest BCUT2D eigenvalue weighted by Crippen LogP contribution is 2.23. The molecule has 0 saturated heterocycles. The first-order chi connectivity index (χ1) is 17.6. The Morgan fingerprint density at radius 3 is 2.38 bits per heavy atom. The molecule has 37 heavy (non-hydrogen) atoms. The summed E-state index contributed by atoms with van der Waals surface area (Å²) in [6.45, 7) is 6.78. The number of rotatable bonds is 11. The van der Waals surface area contributed by atoms with Crippen molar-refractivity contribution in [2.24, 2.45) is 0 Å². The molecular formula is C28H34N4O5. The molecule has 0 aliphatic carbocycles. The number of aliphatic carboxylic acids is 1. The molecule has 2 aromatic carbocycles. The summed E-state index contributed by atoms with van der Waals surface area (Å²) < 4.78 is 5.29. The fraction of sp³-hybridized carbons (Fsp3) is 0.357. The molecular weight excluding hydrogens is 472 g/mol. The average molecular weight is 507 g/mol. The number of carbonyl (C=O) groups is 3. The molecule has 0 fully saturated rings. The second-order valence-electron chi connectivity index (χ2n) is 9.68. The van der Waals surface area contributed by atoms with Gasteiger partial charge in [-0.15, -0.1) is 0 Å². The minimum atomic E-state index is -1.08. The number of fused-ring (bicyclic) bond motifs is 1. The average Bonchev–Trinajstić information content (AvgIpc) is 2.85. The summed E-state index contributed by atoms with van der Waals surface area (Å²) in [5.74, 6) is -1.54. The van der Waals surface area contributed by atoms with E-state index < -0.39 is 29.6 Å². The molecule has 1 atom stereocenters. The Morgan fingerprint density at radius 2 is 1.70 bits per heavy atom. The number of benzene rings is 2. The Morgan fingerprint density at radius 1 is 0.973 bits per heavy atom. The van der Waals surface area contributed by atoms with E-state index in [1.54, 1.807) is 45.2 Å². The Hall–Kier alpha value is -3.98. The van der Waals surface area contributed by atoms with Crippen molar-refractivity contribution in [2.45, 2.75) is 58.3 Å². The minimum absolute atomic E-state index is 0.223. The zero-order valence-corrected chi connectivity index (χ0v) is 21.4. The fourth-order valence-corrected chi connectivity index (χ4v) is 3.84. The van der Waals surface area contributed by atoms with Gasteiger partial charge in [-0.25, -0.2) is 9.59 Å². The van der Waals surface area contributed by atoms with Gasteiger partial charge in [0.25, 0.3) is 5.91 Å². The van der Waals surface area contributed by atoms with Crippen molar-refractivity contribution < 1.29 is 24.2 Å². The van der Waals surface area contributed by atoms with E-state index in [0.717, 1.165) is 16.6 Å². The summed E-state index contributed by atoms with van der Waals surface area (Å²) in [6, 6.07) is 15.4. The van der Waals surface area contributed by atoms with Crippen molar-refractivity contribution in [3.05, 3.63) is 77.6 Å². The maximum atomic E-state index is 13.1. The van der Waals surface area contributed by atoms with Gasteiger partial charge in [0.2, 0.25) is 0 Å². The van der Waals surface area contributed by atoms with E-state index in [1.807, 2.05) is 36.4 Å². The molecule has 0 aliphatic heterocycles. The number of nitrogens with one attached hydrogen (secondary N) is 3. The molecule has 0 spiro atoms. The number of carbonyl (C=O) groups excluding carboxylic acids is 2. The zero-order chi connectivity index (χ0) is 26.8. The molecule has 0 unspecified atom stereocenters. The number of alkyl carbamates (subject to hydrolysis) is 1. The SMILES string of the molecule is CC(C)(C)OC(=O)NCc1ccc(C(=O)N[C@@H](CCCNCc2ccccn2)C(=O)O)c2ccccc12. The van der Waals surface area contributed by atoms with Gasteiger partial charge in [0, 0.05) is 24.8 Å². The molecule has 0 bridgehead atoms. The third kappa shape index (κ3) is 8.57. The molecule has 0 radical (unpaired) electrons. The molecule has 4 N–H and O–H groups in total. The predicted molar refractivity (Wildman–Crippen MR) is 141 cm³/mol. The zero-order valence-electron chi connectivity index (χ0n) is 21.4. The molecule has 9 nitrogen and oxygen atoms in total. The molecule has 9 heteroatoms. The fourth-order valence-electron chi connectivity index (χ4n) is 3.84. The number of carboxylic acids is 1. The Kier molecular flexibility index (Phi) is 9.57.